The summed E-state index contributed by atoms with van der Waals surface area (Å²) in [6, 6.07) is 5.33. The number of carbonyl (C=O) groups excluding carboxylic acids is 1. The Hall–Kier alpha value is -1.12. The van der Waals surface area contributed by atoms with Gasteiger partial charge in [0.05, 0.1) is 5.56 Å². The molecule has 0 aromatic heterocycles. The minimum atomic E-state index is -3.11. The van der Waals surface area contributed by atoms with Crippen molar-refractivity contribution in [1.29, 1.82) is 0 Å². The van der Waals surface area contributed by atoms with Crippen LogP contribution in [0.3, 0.4) is 0 Å². The molecule has 0 saturated heterocycles. The highest BCUT2D eigenvalue weighted by Gasteiger charge is 2.26. The Morgan fingerprint density at radius 1 is 1.31 bits per heavy atom. The molecule has 1 aromatic rings. The van der Waals surface area contributed by atoms with Gasteiger partial charge in [-0.05, 0) is 18.1 Å². The van der Waals surface area contributed by atoms with Gasteiger partial charge in [-0.15, -0.1) is 0 Å². The number of rotatable bonds is 3. The second kappa shape index (κ2) is 4.04. The molecule has 0 radical (unpaired) electrons. The molecular weight excluding hydrogens is 227 g/mol. The van der Waals surface area contributed by atoms with Crippen LogP contribution < -0.4 is 4.52 Å². The van der Waals surface area contributed by atoms with Crippen molar-refractivity contribution in [3.63, 3.8) is 0 Å². The zero-order valence-electron chi connectivity index (χ0n) is 9.23. The molecule has 1 aliphatic rings. The van der Waals surface area contributed by atoms with Gasteiger partial charge in [0.15, 0.2) is 5.78 Å². The van der Waals surface area contributed by atoms with Crippen molar-refractivity contribution in [2.24, 2.45) is 0 Å². The first-order chi connectivity index (χ1) is 7.53. The highest BCUT2D eigenvalue weighted by molar-refractivity contribution is 7.53. The van der Waals surface area contributed by atoms with Crippen molar-refractivity contribution >= 4 is 13.4 Å². The predicted octanol–water partition coefficient (Wildman–Crippen LogP) is 2.66. The monoisotopic (exact) mass is 240 g/mol. The highest BCUT2D eigenvalue weighted by atomic mass is 31.2. The van der Waals surface area contributed by atoms with Crippen molar-refractivity contribution in [3.05, 3.63) is 29.3 Å². The van der Waals surface area contributed by atoms with Gasteiger partial charge in [0.1, 0.15) is 5.75 Å². The Balaban J connectivity index is 2.40. The van der Waals surface area contributed by atoms with Crippen LogP contribution in [0, 0.1) is 0 Å². The van der Waals surface area contributed by atoms with Crippen LogP contribution in [0.1, 0.15) is 22.3 Å². The van der Waals surface area contributed by atoms with Crippen molar-refractivity contribution in [1.82, 2.24) is 0 Å². The zero-order chi connectivity index (χ0) is 11.8. The molecule has 4 nitrogen and oxygen atoms in total. The second-order valence-corrected chi connectivity index (χ2v) is 5.85. The van der Waals surface area contributed by atoms with Gasteiger partial charge in [-0.2, -0.15) is 0 Å². The fourth-order valence-corrected chi connectivity index (χ4v) is 2.35. The van der Waals surface area contributed by atoms with E-state index in [-0.39, 0.29) is 5.78 Å². The molecule has 0 amide bonds. The fraction of sp³-hybridized carbons (Fsp3) is 0.364. The van der Waals surface area contributed by atoms with Crippen LogP contribution in [-0.2, 0) is 15.5 Å². The number of carbonyl (C=O) groups is 1. The van der Waals surface area contributed by atoms with Crippen LogP contribution in [0.25, 0.3) is 0 Å². The van der Waals surface area contributed by atoms with Crippen molar-refractivity contribution in [2.75, 3.05) is 13.8 Å². The van der Waals surface area contributed by atoms with Gasteiger partial charge in [-0.3, -0.25) is 4.79 Å². The Bertz CT molecular complexity index is 481. The van der Waals surface area contributed by atoms with E-state index in [1.807, 2.05) is 6.07 Å². The third-order valence-corrected chi connectivity index (χ3v) is 3.80. The molecule has 0 aliphatic heterocycles. The lowest BCUT2D eigenvalue weighted by Gasteiger charge is -2.14. The molecule has 2 rings (SSSR count). The summed E-state index contributed by atoms with van der Waals surface area (Å²) in [5.41, 5.74) is 1.51. The molecule has 16 heavy (non-hydrogen) atoms. The first-order valence-electron chi connectivity index (χ1n) is 5.01. The van der Waals surface area contributed by atoms with Crippen molar-refractivity contribution in [3.8, 4) is 5.75 Å². The highest BCUT2D eigenvalue weighted by Crippen LogP contribution is 2.45. The number of Topliss-reactive ketones (excluding diaryl/α,β-unsaturated/α-hetero) is 1. The van der Waals surface area contributed by atoms with Crippen LogP contribution in [0.15, 0.2) is 18.2 Å². The molecule has 0 heterocycles. The summed E-state index contributed by atoms with van der Waals surface area (Å²) >= 11 is 0. The minimum absolute atomic E-state index is 0.0432. The van der Waals surface area contributed by atoms with Crippen LogP contribution in [0.4, 0.5) is 0 Å². The molecule has 1 atom stereocenters. The van der Waals surface area contributed by atoms with Gasteiger partial charge in [0, 0.05) is 20.2 Å². The first-order valence-corrected chi connectivity index (χ1v) is 7.00. The average Bonchev–Trinajstić information content (AvgIpc) is 2.61. The van der Waals surface area contributed by atoms with Crippen molar-refractivity contribution < 1.29 is 18.4 Å². The maximum absolute atomic E-state index is 11.7. The number of ketones is 1. The molecule has 86 valence electrons. The Morgan fingerprint density at radius 2 is 2.06 bits per heavy atom. The molecule has 1 unspecified atom stereocenters. The maximum atomic E-state index is 11.7. The fourth-order valence-electron chi connectivity index (χ4n) is 1.77. The molecule has 1 aromatic carbocycles. The first kappa shape index (κ1) is 11.4. The third-order valence-electron chi connectivity index (χ3n) is 2.61. The van der Waals surface area contributed by atoms with Crippen LogP contribution >= 0.6 is 7.60 Å². The summed E-state index contributed by atoms with van der Waals surface area (Å²) in [7, 11) is -1.78. The summed E-state index contributed by atoms with van der Waals surface area (Å²) in [6.45, 7) is 1.38. The maximum Gasteiger partial charge on any atom is 0.375 e. The molecular formula is C11H13O4P. The summed E-state index contributed by atoms with van der Waals surface area (Å²) in [5, 5.41) is 0. The van der Waals surface area contributed by atoms with Crippen LogP contribution in [-0.4, -0.2) is 19.6 Å². The van der Waals surface area contributed by atoms with Gasteiger partial charge in [-0.25, -0.2) is 4.57 Å². The van der Waals surface area contributed by atoms with E-state index < -0.39 is 7.60 Å². The Labute approximate surface area is 94.1 Å². The molecule has 1 aliphatic carbocycles. The van der Waals surface area contributed by atoms with E-state index in [1.54, 1.807) is 12.1 Å². The molecule has 0 spiro atoms. The molecule has 0 saturated carbocycles. The standard InChI is InChI=1S/C11H13O4P/c1-14-16(2,13)15-10-5-3-4-8-6-7-9(12)11(8)10/h3-5H,6-7H2,1-2H3. The number of benzene rings is 1. The van der Waals surface area contributed by atoms with E-state index in [0.717, 1.165) is 12.0 Å². The summed E-state index contributed by atoms with van der Waals surface area (Å²) in [5.74, 6) is 0.411. The largest absolute Gasteiger partial charge is 0.424 e. The quantitative estimate of drug-likeness (QED) is 0.762. The molecule has 0 bridgehead atoms. The summed E-state index contributed by atoms with van der Waals surface area (Å²) in [4.78, 5) is 11.7. The SMILES string of the molecule is COP(C)(=O)Oc1cccc2c1C(=O)CC2. The number of hydrogen-bond acceptors (Lipinski definition) is 4. The lowest BCUT2D eigenvalue weighted by molar-refractivity contribution is 0.0993. The van der Waals surface area contributed by atoms with E-state index in [4.69, 9.17) is 9.05 Å². The third kappa shape index (κ3) is 2.04. The smallest absolute Gasteiger partial charge is 0.375 e. The molecule has 0 fully saturated rings. The summed E-state index contributed by atoms with van der Waals surface area (Å²) in [6.07, 6.45) is 1.23. The lowest BCUT2D eigenvalue weighted by atomic mass is 10.1. The normalized spacial score (nSPS) is 18.0. The van der Waals surface area contributed by atoms with E-state index in [1.165, 1.54) is 13.8 Å². The van der Waals surface area contributed by atoms with Gasteiger partial charge in [0.25, 0.3) is 0 Å². The minimum Gasteiger partial charge on any atom is -0.424 e. The van der Waals surface area contributed by atoms with Gasteiger partial charge in [0.2, 0.25) is 0 Å². The van der Waals surface area contributed by atoms with E-state index in [2.05, 4.69) is 0 Å². The number of fused-ring (bicyclic) bond motifs is 1. The van der Waals surface area contributed by atoms with Gasteiger partial charge in [-0.1, -0.05) is 12.1 Å². The number of aryl methyl sites for hydroxylation is 1. The van der Waals surface area contributed by atoms with Gasteiger partial charge < -0.3 is 9.05 Å². The summed E-state index contributed by atoms with van der Waals surface area (Å²) < 4.78 is 21.7. The lowest BCUT2D eigenvalue weighted by Crippen LogP contribution is -2.00. The van der Waals surface area contributed by atoms with E-state index in [9.17, 15) is 9.36 Å². The number of hydrogen-bond donors (Lipinski definition) is 0. The van der Waals surface area contributed by atoms with E-state index >= 15 is 0 Å². The van der Waals surface area contributed by atoms with Crippen molar-refractivity contribution in [2.45, 2.75) is 12.8 Å². The molecule has 5 heteroatoms. The van der Waals surface area contributed by atoms with E-state index in [0.29, 0.717) is 17.7 Å². The second-order valence-electron chi connectivity index (χ2n) is 3.76. The Kier molecular flexibility index (Phi) is 2.87. The predicted molar refractivity (Wildman–Crippen MR) is 60.3 cm³/mol. The zero-order valence-corrected chi connectivity index (χ0v) is 10.1. The van der Waals surface area contributed by atoms with Gasteiger partial charge >= 0.3 is 7.60 Å². The van der Waals surface area contributed by atoms with Crippen LogP contribution in [0.2, 0.25) is 0 Å². The Morgan fingerprint density at radius 3 is 2.75 bits per heavy atom. The van der Waals surface area contributed by atoms with Crippen LogP contribution in [0.5, 0.6) is 5.75 Å². The molecule has 0 N–H and O–H groups in total. The average molecular weight is 240 g/mol. The topological polar surface area (TPSA) is 52.6 Å².